The fourth-order valence-corrected chi connectivity index (χ4v) is 1.83. The molecular weight excluding hydrogens is 240 g/mol. The maximum atomic E-state index is 5.90. The van der Waals surface area contributed by atoms with Crippen LogP contribution < -0.4 is 15.4 Å². The van der Waals surface area contributed by atoms with Crippen molar-refractivity contribution < 1.29 is 9.15 Å². The fourth-order valence-electron chi connectivity index (χ4n) is 1.83. The minimum atomic E-state index is 0.670. The van der Waals surface area contributed by atoms with E-state index in [-0.39, 0.29) is 0 Å². The average molecular weight is 260 g/mol. The van der Waals surface area contributed by atoms with Crippen molar-refractivity contribution in [1.29, 1.82) is 0 Å². The Bertz CT molecular complexity index is 509. The lowest BCUT2D eigenvalue weighted by Gasteiger charge is -2.19. The number of ether oxygens (including phenoxy) is 1. The first-order valence-corrected chi connectivity index (χ1v) is 6.46. The van der Waals surface area contributed by atoms with E-state index in [1.165, 1.54) is 0 Å². The van der Waals surface area contributed by atoms with Gasteiger partial charge in [-0.1, -0.05) is 6.92 Å². The molecule has 0 atom stereocenters. The van der Waals surface area contributed by atoms with Gasteiger partial charge in [0.2, 0.25) is 0 Å². The molecule has 0 unspecified atom stereocenters. The van der Waals surface area contributed by atoms with E-state index in [9.17, 15) is 0 Å². The Morgan fingerprint density at radius 1 is 1.32 bits per heavy atom. The van der Waals surface area contributed by atoms with Gasteiger partial charge >= 0.3 is 0 Å². The van der Waals surface area contributed by atoms with Crippen LogP contribution in [-0.4, -0.2) is 13.7 Å². The Balaban J connectivity index is 2.10. The Hall–Kier alpha value is -2.10. The van der Waals surface area contributed by atoms with Crippen molar-refractivity contribution in [3.8, 4) is 5.75 Å². The van der Waals surface area contributed by atoms with Crippen LogP contribution in [0.15, 0.2) is 41.0 Å². The van der Waals surface area contributed by atoms with E-state index in [0.29, 0.717) is 18.8 Å². The van der Waals surface area contributed by atoms with Gasteiger partial charge < -0.3 is 19.8 Å². The van der Waals surface area contributed by atoms with Gasteiger partial charge in [-0.3, -0.25) is 0 Å². The summed E-state index contributed by atoms with van der Waals surface area (Å²) in [4.78, 5) is 2.09. The van der Waals surface area contributed by atoms with Crippen LogP contribution >= 0.6 is 0 Å². The molecule has 0 saturated carbocycles. The molecule has 0 aliphatic rings. The van der Waals surface area contributed by atoms with E-state index in [2.05, 4.69) is 11.8 Å². The van der Waals surface area contributed by atoms with Crippen LogP contribution in [0.25, 0.3) is 0 Å². The molecule has 19 heavy (non-hydrogen) atoms. The highest BCUT2D eigenvalue weighted by Gasteiger charge is 2.07. The highest BCUT2D eigenvalue weighted by Crippen LogP contribution is 2.28. The maximum Gasteiger partial charge on any atom is 0.144 e. The number of rotatable bonds is 6. The summed E-state index contributed by atoms with van der Waals surface area (Å²) in [5.41, 5.74) is 7.63. The number of nitrogen functional groups attached to an aromatic ring is 1. The third kappa shape index (κ3) is 3.44. The Kier molecular flexibility index (Phi) is 4.34. The molecule has 1 heterocycles. The third-order valence-corrected chi connectivity index (χ3v) is 2.87. The van der Waals surface area contributed by atoms with Gasteiger partial charge in [0.1, 0.15) is 11.5 Å². The number of furan rings is 1. The van der Waals surface area contributed by atoms with Gasteiger partial charge in [-0.25, -0.2) is 0 Å². The smallest absolute Gasteiger partial charge is 0.144 e. The summed E-state index contributed by atoms with van der Waals surface area (Å²) in [6.45, 7) is 3.46. The summed E-state index contributed by atoms with van der Waals surface area (Å²) >= 11 is 0. The quantitative estimate of drug-likeness (QED) is 0.810. The first-order chi connectivity index (χ1) is 9.20. The van der Waals surface area contributed by atoms with Crippen molar-refractivity contribution in [1.82, 2.24) is 0 Å². The lowest BCUT2D eigenvalue weighted by Crippen LogP contribution is -2.16. The second-order valence-corrected chi connectivity index (χ2v) is 4.51. The van der Waals surface area contributed by atoms with Crippen molar-refractivity contribution in [2.45, 2.75) is 19.9 Å². The van der Waals surface area contributed by atoms with Gasteiger partial charge in [0.15, 0.2) is 0 Å². The Morgan fingerprint density at radius 3 is 2.84 bits per heavy atom. The first kappa shape index (κ1) is 13.3. The minimum absolute atomic E-state index is 0.670. The Morgan fingerprint density at radius 2 is 2.16 bits per heavy atom. The van der Waals surface area contributed by atoms with Gasteiger partial charge in [0, 0.05) is 18.8 Å². The lowest BCUT2D eigenvalue weighted by atomic mass is 10.2. The Labute approximate surface area is 113 Å². The molecule has 0 amide bonds. The average Bonchev–Trinajstić information content (AvgIpc) is 2.90. The number of anilines is 2. The summed E-state index contributed by atoms with van der Waals surface area (Å²) in [7, 11) is 2.01. The first-order valence-electron chi connectivity index (χ1n) is 6.46. The molecule has 1 aromatic carbocycles. The molecule has 0 spiro atoms. The number of nitrogens with two attached hydrogens (primary N) is 1. The molecule has 4 heteroatoms. The van der Waals surface area contributed by atoms with Crippen molar-refractivity contribution in [3.05, 3.63) is 42.4 Å². The van der Waals surface area contributed by atoms with E-state index >= 15 is 0 Å². The predicted octanol–water partition coefficient (Wildman–Crippen LogP) is 3.29. The number of hydrogen-bond donors (Lipinski definition) is 1. The van der Waals surface area contributed by atoms with Gasteiger partial charge in [-0.2, -0.15) is 0 Å². The maximum absolute atomic E-state index is 5.90. The van der Waals surface area contributed by atoms with E-state index in [4.69, 9.17) is 14.9 Å². The molecule has 102 valence electrons. The number of benzene rings is 1. The van der Waals surface area contributed by atoms with Crippen molar-refractivity contribution in [2.75, 3.05) is 24.3 Å². The predicted molar refractivity (Wildman–Crippen MR) is 77.5 cm³/mol. The van der Waals surface area contributed by atoms with Crippen LogP contribution in [0.5, 0.6) is 5.75 Å². The van der Waals surface area contributed by atoms with E-state index < -0.39 is 0 Å². The summed E-state index contributed by atoms with van der Waals surface area (Å²) in [6, 6.07) is 9.67. The standard InChI is InChI=1S/C15H20N2O2/c1-3-8-19-15-10-12(6-7-14(15)16)17(2)11-13-5-4-9-18-13/h4-7,9-10H,3,8,11,16H2,1-2H3. The lowest BCUT2D eigenvalue weighted by molar-refractivity contribution is 0.319. The molecular formula is C15H20N2O2. The molecule has 0 fully saturated rings. The molecule has 0 aliphatic heterocycles. The SMILES string of the molecule is CCCOc1cc(N(C)Cc2ccco2)ccc1N. The summed E-state index contributed by atoms with van der Waals surface area (Å²) in [6.07, 6.45) is 2.65. The van der Waals surface area contributed by atoms with Crippen LogP contribution in [0.2, 0.25) is 0 Å². The van der Waals surface area contributed by atoms with E-state index in [0.717, 1.165) is 23.6 Å². The molecule has 0 bridgehead atoms. The van der Waals surface area contributed by atoms with Crippen molar-refractivity contribution in [2.24, 2.45) is 0 Å². The van der Waals surface area contributed by atoms with Crippen LogP contribution in [0, 0.1) is 0 Å². The molecule has 0 aliphatic carbocycles. The molecule has 2 rings (SSSR count). The van der Waals surface area contributed by atoms with Crippen LogP contribution in [0.1, 0.15) is 19.1 Å². The summed E-state index contributed by atoms with van der Waals surface area (Å²) < 4.78 is 11.0. The zero-order chi connectivity index (χ0) is 13.7. The zero-order valence-corrected chi connectivity index (χ0v) is 11.4. The second kappa shape index (κ2) is 6.18. The summed E-state index contributed by atoms with van der Waals surface area (Å²) in [5, 5.41) is 0. The highest BCUT2D eigenvalue weighted by atomic mass is 16.5. The largest absolute Gasteiger partial charge is 0.491 e. The number of nitrogens with zero attached hydrogens (tertiary/aromatic N) is 1. The monoisotopic (exact) mass is 260 g/mol. The number of hydrogen-bond acceptors (Lipinski definition) is 4. The van der Waals surface area contributed by atoms with Gasteiger partial charge in [-0.05, 0) is 30.7 Å². The van der Waals surface area contributed by atoms with E-state index in [1.807, 2.05) is 37.4 Å². The molecule has 4 nitrogen and oxygen atoms in total. The molecule has 0 saturated heterocycles. The van der Waals surface area contributed by atoms with Crippen LogP contribution in [0.4, 0.5) is 11.4 Å². The zero-order valence-electron chi connectivity index (χ0n) is 11.4. The fraction of sp³-hybridized carbons (Fsp3) is 0.333. The second-order valence-electron chi connectivity index (χ2n) is 4.51. The highest BCUT2D eigenvalue weighted by molar-refractivity contribution is 5.62. The topological polar surface area (TPSA) is 51.6 Å². The normalized spacial score (nSPS) is 10.4. The van der Waals surface area contributed by atoms with Crippen molar-refractivity contribution in [3.63, 3.8) is 0 Å². The third-order valence-electron chi connectivity index (χ3n) is 2.87. The molecule has 2 aromatic rings. The molecule has 1 aromatic heterocycles. The molecule has 2 N–H and O–H groups in total. The van der Waals surface area contributed by atoms with Gasteiger partial charge in [0.05, 0.1) is 25.1 Å². The molecule has 0 radical (unpaired) electrons. The minimum Gasteiger partial charge on any atom is -0.491 e. The van der Waals surface area contributed by atoms with Gasteiger partial charge in [-0.15, -0.1) is 0 Å². The summed E-state index contributed by atoms with van der Waals surface area (Å²) in [5.74, 6) is 1.67. The van der Waals surface area contributed by atoms with Crippen LogP contribution in [0.3, 0.4) is 0 Å². The van der Waals surface area contributed by atoms with Crippen molar-refractivity contribution >= 4 is 11.4 Å². The van der Waals surface area contributed by atoms with Gasteiger partial charge in [0.25, 0.3) is 0 Å². The van der Waals surface area contributed by atoms with Crippen LogP contribution in [-0.2, 0) is 6.54 Å². The van der Waals surface area contributed by atoms with E-state index in [1.54, 1.807) is 6.26 Å².